The summed E-state index contributed by atoms with van der Waals surface area (Å²) in [6.45, 7) is 3.09. The number of carbonyl (C=O) groups is 1. The Morgan fingerprint density at radius 2 is 2.00 bits per heavy atom. The Balaban J connectivity index is 1.52. The molecule has 1 amide bonds. The molecular weight excluding hydrogens is 342 g/mol. The lowest BCUT2D eigenvalue weighted by atomic mass is 9.57. The zero-order valence-electron chi connectivity index (χ0n) is 16.1. The van der Waals surface area contributed by atoms with E-state index >= 15 is 0 Å². The predicted octanol–water partition coefficient (Wildman–Crippen LogP) is 3.12. The number of carbonyl (C=O) groups excluding carboxylic acids is 1. The average Bonchev–Trinajstić information content (AvgIpc) is 3.42. The lowest BCUT2D eigenvalue weighted by Crippen LogP contribution is -2.59. The molecule has 1 spiro atoms. The van der Waals surface area contributed by atoms with Crippen molar-refractivity contribution in [2.45, 2.75) is 49.7 Å². The molecule has 2 aliphatic heterocycles. The number of rotatable bonds is 4. The van der Waals surface area contributed by atoms with E-state index in [1.54, 1.807) is 7.11 Å². The van der Waals surface area contributed by atoms with E-state index in [0.29, 0.717) is 19.1 Å². The van der Waals surface area contributed by atoms with Crippen molar-refractivity contribution < 1.29 is 19.0 Å². The second-order valence-electron chi connectivity index (χ2n) is 8.74. The van der Waals surface area contributed by atoms with Gasteiger partial charge in [-0.25, -0.2) is 0 Å². The number of piperidine rings is 1. The molecule has 2 saturated heterocycles. The lowest BCUT2D eigenvalue weighted by molar-refractivity contribution is -0.208. The number of amides is 1. The van der Waals surface area contributed by atoms with Crippen LogP contribution in [0.2, 0.25) is 0 Å². The highest BCUT2D eigenvalue weighted by Gasteiger charge is 2.58. The topological polar surface area (TPSA) is 48.0 Å². The molecule has 0 radical (unpaired) electrons. The molecule has 5 rings (SSSR count). The Morgan fingerprint density at radius 3 is 2.74 bits per heavy atom. The van der Waals surface area contributed by atoms with Crippen molar-refractivity contribution in [1.29, 1.82) is 0 Å². The highest BCUT2D eigenvalue weighted by molar-refractivity contribution is 5.82. The van der Waals surface area contributed by atoms with Crippen LogP contribution in [0.4, 0.5) is 0 Å². The van der Waals surface area contributed by atoms with Crippen molar-refractivity contribution in [1.82, 2.24) is 4.90 Å². The summed E-state index contributed by atoms with van der Waals surface area (Å²) in [5, 5.41) is 0. The summed E-state index contributed by atoms with van der Waals surface area (Å²) in [7, 11) is 1.70. The molecule has 0 N–H and O–H groups in total. The van der Waals surface area contributed by atoms with Crippen molar-refractivity contribution in [3.8, 4) is 5.75 Å². The van der Waals surface area contributed by atoms with Gasteiger partial charge in [-0.05, 0) is 49.3 Å². The molecule has 2 saturated carbocycles. The third-order valence-electron chi connectivity index (χ3n) is 7.14. The van der Waals surface area contributed by atoms with Gasteiger partial charge in [-0.15, -0.1) is 0 Å². The third-order valence-corrected chi connectivity index (χ3v) is 7.14. The van der Waals surface area contributed by atoms with Crippen molar-refractivity contribution in [3.05, 3.63) is 29.8 Å². The monoisotopic (exact) mass is 371 g/mol. The Labute approximate surface area is 161 Å². The van der Waals surface area contributed by atoms with Crippen LogP contribution in [-0.2, 0) is 19.7 Å². The first-order valence-corrected chi connectivity index (χ1v) is 10.4. The number of hydrogen-bond acceptors (Lipinski definition) is 4. The molecule has 2 aliphatic carbocycles. The van der Waals surface area contributed by atoms with Gasteiger partial charge in [0.15, 0.2) is 5.79 Å². The summed E-state index contributed by atoms with van der Waals surface area (Å²) in [6, 6.07) is 8.29. The number of fused-ring (bicyclic) bond motifs is 1. The first kappa shape index (κ1) is 17.5. The van der Waals surface area contributed by atoms with Gasteiger partial charge in [0.05, 0.1) is 20.3 Å². The van der Waals surface area contributed by atoms with Gasteiger partial charge in [-0.1, -0.05) is 12.1 Å². The Hall–Kier alpha value is -1.59. The molecule has 2 heterocycles. The normalized spacial score (nSPS) is 32.6. The van der Waals surface area contributed by atoms with Crippen LogP contribution in [0.3, 0.4) is 0 Å². The van der Waals surface area contributed by atoms with E-state index in [1.807, 2.05) is 12.1 Å². The van der Waals surface area contributed by atoms with Gasteiger partial charge in [-0.2, -0.15) is 0 Å². The van der Waals surface area contributed by atoms with E-state index in [9.17, 15) is 4.79 Å². The van der Waals surface area contributed by atoms with E-state index in [-0.39, 0.29) is 11.3 Å². The minimum atomic E-state index is -0.515. The summed E-state index contributed by atoms with van der Waals surface area (Å²) in [5.74, 6) is 1.41. The summed E-state index contributed by atoms with van der Waals surface area (Å²) in [4.78, 5) is 15.6. The summed E-state index contributed by atoms with van der Waals surface area (Å²) in [5.41, 5.74) is 0.971. The molecular formula is C22H29NO4. The first-order chi connectivity index (χ1) is 13.1. The molecule has 5 nitrogen and oxygen atoms in total. The predicted molar refractivity (Wildman–Crippen MR) is 101 cm³/mol. The van der Waals surface area contributed by atoms with Gasteiger partial charge in [0, 0.05) is 37.3 Å². The highest BCUT2D eigenvalue weighted by atomic mass is 16.7. The molecule has 5 heteroatoms. The molecule has 0 bridgehead atoms. The quantitative estimate of drug-likeness (QED) is 0.816. The fourth-order valence-electron chi connectivity index (χ4n) is 5.54. The summed E-state index contributed by atoms with van der Waals surface area (Å²) in [6.07, 6.45) is 5.93. The second kappa shape index (κ2) is 6.49. The molecule has 146 valence electrons. The molecule has 4 aliphatic rings. The van der Waals surface area contributed by atoms with Crippen molar-refractivity contribution in [2.75, 3.05) is 33.4 Å². The number of likely N-dealkylation sites (tertiary alicyclic amines) is 1. The SMILES string of the molecule is COc1cccc([C@]23CCN(CC4CC4)C(=O)[C@@H]2CCC2(C3)OCCO2)c1. The van der Waals surface area contributed by atoms with Crippen LogP contribution in [0.15, 0.2) is 24.3 Å². The number of nitrogens with zero attached hydrogens (tertiary/aromatic N) is 1. The van der Waals surface area contributed by atoms with Crippen molar-refractivity contribution >= 4 is 5.91 Å². The number of ether oxygens (including phenoxy) is 3. The smallest absolute Gasteiger partial charge is 0.226 e. The van der Waals surface area contributed by atoms with E-state index < -0.39 is 5.79 Å². The minimum Gasteiger partial charge on any atom is -0.497 e. The van der Waals surface area contributed by atoms with Crippen LogP contribution in [0.25, 0.3) is 0 Å². The molecule has 2 atom stereocenters. The van der Waals surface area contributed by atoms with E-state index in [1.165, 1.54) is 18.4 Å². The van der Waals surface area contributed by atoms with Crippen molar-refractivity contribution in [3.63, 3.8) is 0 Å². The molecule has 0 aromatic heterocycles. The molecule has 27 heavy (non-hydrogen) atoms. The maximum atomic E-state index is 13.5. The van der Waals surface area contributed by atoms with Crippen LogP contribution in [0.1, 0.15) is 44.1 Å². The van der Waals surface area contributed by atoms with Gasteiger partial charge in [0.2, 0.25) is 5.91 Å². The maximum Gasteiger partial charge on any atom is 0.226 e. The Morgan fingerprint density at radius 1 is 1.19 bits per heavy atom. The summed E-state index contributed by atoms with van der Waals surface area (Å²) >= 11 is 0. The number of hydrogen-bond donors (Lipinski definition) is 0. The van der Waals surface area contributed by atoms with Crippen LogP contribution in [0, 0.1) is 11.8 Å². The lowest BCUT2D eigenvalue weighted by Gasteiger charge is -2.54. The van der Waals surface area contributed by atoms with Gasteiger partial charge in [-0.3, -0.25) is 4.79 Å². The van der Waals surface area contributed by atoms with Crippen LogP contribution >= 0.6 is 0 Å². The zero-order valence-corrected chi connectivity index (χ0v) is 16.1. The van der Waals surface area contributed by atoms with E-state index in [4.69, 9.17) is 14.2 Å². The highest BCUT2D eigenvalue weighted by Crippen LogP contribution is 2.55. The maximum absolute atomic E-state index is 13.5. The van der Waals surface area contributed by atoms with Crippen LogP contribution in [0.5, 0.6) is 5.75 Å². The number of benzene rings is 1. The van der Waals surface area contributed by atoms with E-state index in [0.717, 1.165) is 50.4 Å². The average molecular weight is 371 g/mol. The van der Waals surface area contributed by atoms with Crippen LogP contribution < -0.4 is 4.74 Å². The second-order valence-corrected chi connectivity index (χ2v) is 8.74. The van der Waals surface area contributed by atoms with Gasteiger partial charge in [0.1, 0.15) is 5.75 Å². The van der Waals surface area contributed by atoms with Gasteiger partial charge < -0.3 is 19.1 Å². The van der Waals surface area contributed by atoms with Crippen molar-refractivity contribution in [2.24, 2.45) is 11.8 Å². The standard InChI is InChI=1S/C22H29NO4/c1-25-18-4-2-3-17(13-18)21-9-10-23(14-16-5-6-16)20(24)19(21)7-8-22(15-21)26-11-12-27-22/h2-4,13,16,19H,5-12,14-15H2,1H3/t19-,21+/m0/s1. The summed E-state index contributed by atoms with van der Waals surface area (Å²) < 4.78 is 17.7. The third kappa shape index (κ3) is 2.95. The molecule has 0 unspecified atom stereocenters. The van der Waals surface area contributed by atoms with Gasteiger partial charge in [0.25, 0.3) is 0 Å². The molecule has 1 aromatic carbocycles. The first-order valence-electron chi connectivity index (χ1n) is 10.4. The van der Waals surface area contributed by atoms with E-state index in [2.05, 4.69) is 17.0 Å². The zero-order chi connectivity index (χ0) is 18.5. The largest absolute Gasteiger partial charge is 0.497 e. The minimum absolute atomic E-state index is 0.00975. The van der Waals surface area contributed by atoms with Crippen LogP contribution in [-0.4, -0.2) is 50.0 Å². The number of methoxy groups -OCH3 is 1. The Bertz CT molecular complexity index is 725. The Kier molecular flexibility index (Phi) is 4.21. The fourth-order valence-corrected chi connectivity index (χ4v) is 5.54. The molecule has 1 aromatic rings. The molecule has 4 fully saturated rings. The fraction of sp³-hybridized carbons (Fsp3) is 0.682. The van der Waals surface area contributed by atoms with Gasteiger partial charge >= 0.3 is 0 Å².